The number of carbonyl (C=O) groups is 1. The summed E-state index contributed by atoms with van der Waals surface area (Å²) >= 11 is 0. The zero-order valence-corrected chi connectivity index (χ0v) is 12.0. The predicted octanol–water partition coefficient (Wildman–Crippen LogP) is 2.46. The molecule has 1 fully saturated rings. The first-order valence-corrected chi connectivity index (χ1v) is 7.05. The molecule has 0 radical (unpaired) electrons. The summed E-state index contributed by atoms with van der Waals surface area (Å²) in [6, 6.07) is 7.13. The number of piperidine rings is 1. The molecule has 1 aliphatic rings. The second kappa shape index (κ2) is 6.61. The number of benzene rings is 1. The van der Waals surface area contributed by atoms with E-state index in [0.717, 1.165) is 24.3 Å². The van der Waals surface area contributed by atoms with Crippen molar-refractivity contribution in [2.75, 3.05) is 18.4 Å². The zero-order chi connectivity index (χ0) is 14.5. The summed E-state index contributed by atoms with van der Waals surface area (Å²) in [5.41, 5.74) is 0.728. The fourth-order valence-electron chi connectivity index (χ4n) is 2.23. The minimum atomic E-state index is -0.406. The Bertz CT molecular complexity index is 445. The van der Waals surface area contributed by atoms with Gasteiger partial charge in [-0.25, -0.2) is 4.79 Å². The van der Waals surface area contributed by atoms with Crippen LogP contribution >= 0.6 is 0 Å². The minimum absolute atomic E-state index is 0.130. The molecule has 0 bridgehead atoms. The van der Waals surface area contributed by atoms with Gasteiger partial charge in [0.25, 0.3) is 0 Å². The van der Waals surface area contributed by atoms with Crippen LogP contribution in [-0.4, -0.2) is 41.3 Å². The summed E-state index contributed by atoms with van der Waals surface area (Å²) in [4.78, 5) is 13.7. The number of urea groups is 1. The van der Waals surface area contributed by atoms with E-state index < -0.39 is 6.10 Å². The molecule has 1 heterocycles. The van der Waals surface area contributed by atoms with Crippen molar-refractivity contribution >= 4 is 11.7 Å². The first-order valence-electron chi connectivity index (χ1n) is 7.05. The smallest absolute Gasteiger partial charge is 0.321 e. The molecule has 2 rings (SSSR count). The van der Waals surface area contributed by atoms with Crippen LogP contribution in [0.2, 0.25) is 0 Å². The molecule has 20 heavy (non-hydrogen) atoms. The number of rotatable bonds is 3. The lowest BCUT2D eigenvalue weighted by atomic mass is 10.1. The van der Waals surface area contributed by atoms with Gasteiger partial charge in [0.05, 0.1) is 12.2 Å². The van der Waals surface area contributed by atoms with Crippen LogP contribution in [0.1, 0.15) is 26.7 Å². The molecular weight excluding hydrogens is 256 g/mol. The number of hydrogen-bond donors (Lipinski definition) is 2. The lowest BCUT2D eigenvalue weighted by Gasteiger charge is -2.30. The minimum Gasteiger partial charge on any atom is -0.491 e. The third-order valence-electron chi connectivity index (χ3n) is 3.16. The van der Waals surface area contributed by atoms with Gasteiger partial charge in [-0.05, 0) is 51.0 Å². The van der Waals surface area contributed by atoms with E-state index in [2.05, 4.69) is 5.32 Å². The molecule has 1 atom stereocenters. The molecule has 2 amide bonds. The molecule has 0 aliphatic carbocycles. The standard InChI is InChI=1S/C15H22N2O3/c1-11(2)20-14-7-5-12(6-8-14)16-15(19)17-9-3-4-13(18)10-17/h5-8,11,13,18H,3-4,9-10H2,1-2H3,(H,16,19). The number of amides is 2. The fourth-order valence-corrected chi connectivity index (χ4v) is 2.23. The predicted molar refractivity (Wildman–Crippen MR) is 78.0 cm³/mol. The summed E-state index contributed by atoms with van der Waals surface area (Å²) in [6.45, 7) is 5.03. The third kappa shape index (κ3) is 4.13. The number of aliphatic hydroxyl groups excluding tert-OH is 1. The van der Waals surface area contributed by atoms with E-state index in [1.165, 1.54) is 0 Å². The van der Waals surface area contributed by atoms with Crippen molar-refractivity contribution in [2.24, 2.45) is 0 Å². The molecule has 1 unspecified atom stereocenters. The van der Waals surface area contributed by atoms with Gasteiger partial charge in [-0.3, -0.25) is 0 Å². The van der Waals surface area contributed by atoms with Crippen molar-refractivity contribution in [3.63, 3.8) is 0 Å². The number of nitrogens with one attached hydrogen (secondary N) is 1. The monoisotopic (exact) mass is 278 g/mol. The number of hydrogen-bond acceptors (Lipinski definition) is 3. The number of nitrogens with zero attached hydrogens (tertiary/aromatic N) is 1. The number of likely N-dealkylation sites (tertiary alicyclic amines) is 1. The van der Waals surface area contributed by atoms with Gasteiger partial charge >= 0.3 is 6.03 Å². The highest BCUT2D eigenvalue weighted by molar-refractivity contribution is 5.89. The number of aliphatic hydroxyl groups is 1. The van der Waals surface area contributed by atoms with Gasteiger partial charge in [0.15, 0.2) is 0 Å². The third-order valence-corrected chi connectivity index (χ3v) is 3.16. The quantitative estimate of drug-likeness (QED) is 0.893. The van der Waals surface area contributed by atoms with Crippen molar-refractivity contribution in [3.8, 4) is 5.75 Å². The Morgan fingerprint density at radius 1 is 1.40 bits per heavy atom. The topological polar surface area (TPSA) is 61.8 Å². The summed E-state index contributed by atoms with van der Waals surface area (Å²) in [5.74, 6) is 0.784. The van der Waals surface area contributed by atoms with Crippen LogP contribution in [-0.2, 0) is 0 Å². The van der Waals surface area contributed by atoms with E-state index in [1.807, 2.05) is 38.1 Å². The lowest BCUT2D eigenvalue weighted by molar-refractivity contribution is 0.0883. The molecule has 1 aromatic rings. The molecule has 5 heteroatoms. The molecule has 110 valence electrons. The van der Waals surface area contributed by atoms with Gasteiger partial charge in [-0.1, -0.05) is 0 Å². The molecular formula is C15H22N2O3. The molecule has 1 saturated heterocycles. The van der Waals surface area contributed by atoms with Crippen LogP contribution in [0.4, 0.5) is 10.5 Å². The largest absolute Gasteiger partial charge is 0.491 e. The van der Waals surface area contributed by atoms with Gasteiger partial charge in [-0.15, -0.1) is 0 Å². The summed E-state index contributed by atoms with van der Waals surface area (Å²) in [5, 5.41) is 12.4. The van der Waals surface area contributed by atoms with Crippen molar-refractivity contribution in [3.05, 3.63) is 24.3 Å². The van der Waals surface area contributed by atoms with Crippen molar-refractivity contribution in [1.82, 2.24) is 4.90 Å². The second-order valence-corrected chi connectivity index (χ2v) is 5.36. The van der Waals surface area contributed by atoms with Crippen LogP contribution in [0.5, 0.6) is 5.75 Å². The van der Waals surface area contributed by atoms with Crippen molar-refractivity contribution < 1.29 is 14.6 Å². The summed E-state index contributed by atoms with van der Waals surface area (Å²) in [7, 11) is 0. The van der Waals surface area contributed by atoms with E-state index in [4.69, 9.17) is 4.74 Å². The van der Waals surface area contributed by atoms with Crippen LogP contribution in [0.3, 0.4) is 0 Å². The number of β-amino-alcohol motifs (C(OH)–C–C–N with tert-alkyl or cyclic N) is 1. The maximum Gasteiger partial charge on any atom is 0.321 e. The average molecular weight is 278 g/mol. The maximum atomic E-state index is 12.0. The van der Waals surface area contributed by atoms with Crippen LogP contribution < -0.4 is 10.1 Å². The molecule has 1 aliphatic heterocycles. The molecule has 5 nitrogen and oxygen atoms in total. The van der Waals surface area contributed by atoms with Gasteiger partial charge in [0, 0.05) is 18.8 Å². The van der Waals surface area contributed by atoms with E-state index >= 15 is 0 Å². The van der Waals surface area contributed by atoms with E-state index in [0.29, 0.717) is 13.1 Å². The molecule has 0 spiro atoms. The Morgan fingerprint density at radius 3 is 2.70 bits per heavy atom. The van der Waals surface area contributed by atoms with Crippen molar-refractivity contribution in [1.29, 1.82) is 0 Å². The number of carbonyl (C=O) groups excluding carboxylic acids is 1. The Morgan fingerprint density at radius 2 is 2.10 bits per heavy atom. The molecule has 0 saturated carbocycles. The van der Waals surface area contributed by atoms with Crippen LogP contribution in [0, 0.1) is 0 Å². The number of anilines is 1. The maximum absolute atomic E-state index is 12.0. The average Bonchev–Trinajstić information content (AvgIpc) is 2.40. The van der Waals surface area contributed by atoms with E-state index in [1.54, 1.807) is 4.90 Å². The summed E-state index contributed by atoms with van der Waals surface area (Å²) < 4.78 is 5.55. The van der Waals surface area contributed by atoms with Crippen molar-refractivity contribution in [2.45, 2.75) is 38.9 Å². The van der Waals surface area contributed by atoms with E-state index in [-0.39, 0.29) is 12.1 Å². The van der Waals surface area contributed by atoms with Gasteiger partial charge in [0.2, 0.25) is 0 Å². The first-order chi connectivity index (χ1) is 9.54. The normalized spacial score (nSPS) is 19.0. The van der Waals surface area contributed by atoms with Gasteiger partial charge < -0.3 is 20.1 Å². The fraction of sp³-hybridized carbons (Fsp3) is 0.533. The first kappa shape index (κ1) is 14.7. The number of ether oxygens (including phenoxy) is 1. The Balaban J connectivity index is 1.90. The Labute approximate surface area is 119 Å². The van der Waals surface area contributed by atoms with Crippen LogP contribution in [0.15, 0.2) is 24.3 Å². The SMILES string of the molecule is CC(C)Oc1ccc(NC(=O)N2CCCC(O)C2)cc1. The van der Waals surface area contributed by atoms with Crippen LogP contribution in [0.25, 0.3) is 0 Å². The highest BCUT2D eigenvalue weighted by atomic mass is 16.5. The second-order valence-electron chi connectivity index (χ2n) is 5.36. The molecule has 2 N–H and O–H groups in total. The Hall–Kier alpha value is -1.75. The molecule has 1 aromatic carbocycles. The summed E-state index contributed by atoms with van der Waals surface area (Å²) in [6.07, 6.45) is 1.34. The highest BCUT2D eigenvalue weighted by Gasteiger charge is 2.21. The van der Waals surface area contributed by atoms with E-state index in [9.17, 15) is 9.90 Å². The zero-order valence-electron chi connectivity index (χ0n) is 12.0. The van der Waals surface area contributed by atoms with Gasteiger partial charge in [-0.2, -0.15) is 0 Å². The molecule has 0 aromatic heterocycles. The highest BCUT2D eigenvalue weighted by Crippen LogP contribution is 2.18. The lowest BCUT2D eigenvalue weighted by Crippen LogP contribution is -2.44. The Kier molecular flexibility index (Phi) is 4.84. The van der Waals surface area contributed by atoms with Gasteiger partial charge in [0.1, 0.15) is 5.75 Å².